The number of carbonyl (C=O) groups is 3. The van der Waals surface area contributed by atoms with Gasteiger partial charge in [0.15, 0.2) is 0 Å². The molecule has 1 aromatic carbocycles. The van der Waals surface area contributed by atoms with Gasteiger partial charge < -0.3 is 5.11 Å². The lowest BCUT2D eigenvalue weighted by atomic mass is 10.1. The zero-order valence-electron chi connectivity index (χ0n) is 10.7. The molecule has 2 rings (SSSR count). The number of hydrogen-bond donors (Lipinski definition) is 2. The zero-order valence-corrected chi connectivity index (χ0v) is 11.6. The Hall–Kier alpha value is -2.46. The van der Waals surface area contributed by atoms with Crippen LogP contribution in [0.15, 0.2) is 18.2 Å². The van der Waals surface area contributed by atoms with E-state index in [2.05, 4.69) is 4.28 Å². The van der Waals surface area contributed by atoms with E-state index in [9.17, 15) is 22.8 Å². The van der Waals surface area contributed by atoms with Crippen LogP contribution in [0.1, 0.15) is 20.7 Å². The summed E-state index contributed by atoms with van der Waals surface area (Å²) in [5.41, 5.74) is -0.0450. The standard InChI is InChI=1S/C11H10N2O7S/c1-12(20-21(18)19)7-4-2-3-6-9(7)11(17)13(10(6)16)5-8(14)15/h2-4,21H,5H2,1H3,(H,14,15). The van der Waals surface area contributed by atoms with Gasteiger partial charge >= 0.3 is 5.97 Å². The molecule has 21 heavy (non-hydrogen) atoms. The monoisotopic (exact) mass is 314 g/mol. The molecule has 10 heteroatoms. The minimum absolute atomic E-state index is 0.00433. The molecule has 0 spiro atoms. The molecule has 0 aromatic heterocycles. The molecule has 1 aliphatic rings. The van der Waals surface area contributed by atoms with Crippen molar-refractivity contribution >= 4 is 34.5 Å². The van der Waals surface area contributed by atoms with Crippen LogP contribution in [0.4, 0.5) is 5.69 Å². The molecule has 2 amide bonds. The maximum atomic E-state index is 12.2. The summed E-state index contributed by atoms with van der Waals surface area (Å²) in [7, 11) is -1.95. The van der Waals surface area contributed by atoms with E-state index in [-0.39, 0.29) is 16.8 Å². The molecule has 1 aromatic rings. The second-order valence-corrected chi connectivity index (χ2v) is 4.70. The number of thiol groups is 1. The molecular weight excluding hydrogens is 304 g/mol. The van der Waals surface area contributed by atoms with Crippen molar-refractivity contribution in [2.45, 2.75) is 0 Å². The molecule has 1 N–H and O–H groups in total. The highest BCUT2D eigenvalue weighted by atomic mass is 32.2. The van der Waals surface area contributed by atoms with Gasteiger partial charge in [0.05, 0.1) is 16.8 Å². The Morgan fingerprint density at radius 2 is 2.00 bits per heavy atom. The molecule has 0 radical (unpaired) electrons. The van der Waals surface area contributed by atoms with E-state index >= 15 is 0 Å². The van der Waals surface area contributed by atoms with Crippen molar-refractivity contribution in [3.05, 3.63) is 29.3 Å². The fourth-order valence-electron chi connectivity index (χ4n) is 2.00. The van der Waals surface area contributed by atoms with E-state index < -0.39 is 35.3 Å². The van der Waals surface area contributed by atoms with E-state index in [1.54, 1.807) is 0 Å². The largest absolute Gasteiger partial charge is 0.480 e. The van der Waals surface area contributed by atoms with Crippen LogP contribution in [0.5, 0.6) is 0 Å². The van der Waals surface area contributed by atoms with Gasteiger partial charge in [0.1, 0.15) is 6.54 Å². The number of amides is 2. The first-order valence-corrected chi connectivity index (χ1v) is 6.69. The van der Waals surface area contributed by atoms with Crippen molar-refractivity contribution in [1.82, 2.24) is 4.90 Å². The normalized spacial score (nSPS) is 13.7. The van der Waals surface area contributed by atoms with Gasteiger partial charge in [-0.15, -0.1) is 0 Å². The second-order valence-electron chi connectivity index (χ2n) is 4.09. The lowest BCUT2D eigenvalue weighted by Gasteiger charge is -2.16. The molecule has 0 unspecified atom stereocenters. The summed E-state index contributed by atoms with van der Waals surface area (Å²) in [5, 5.41) is 9.54. The van der Waals surface area contributed by atoms with Crippen molar-refractivity contribution in [3.8, 4) is 0 Å². The Morgan fingerprint density at radius 1 is 1.33 bits per heavy atom. The summed E-state index contributed by atoms with van der Waals surface area (Å²) >= 11 is 0. The summed E-state index contributed by atoms with van der Waals surface area (Å²) in [4.78, 5) is 35.4. The van der Waals surface area contributed by atoms with Crippen LogP contribution >= 0.6 is 0 Å². The average molecular weight is 314 g/mol. The second kappa shape index (κ2) is 5.50. The van der Waals surface area contributed by atoms with Crippen molar-refractivity contribution < 1.29 is 32.2 Å². The topological polar surface area (TPSA) is 121 Å². The smallest absolute Gasteiger partial charge is 0.323 e. The lowest BCUT2D eigenvalue weighted by Crippen LogP contribution is -2.35. The van der Waals surface area contributed by atoms with Gasteiger partial charge in [-0.1, -0.05) is 6.07 Å². The average Bonchev–Trinajstić information content (AvgIpc) is 2.63. The maximum Gasteiger partial charge on any atom is 0.323 e. The van der Waals surface area contributed by atoms with E-state index in [0.717, 1.165) is 5.06 Å². The number of hydrogen-bond acceptors (Lipinski definition) is 7. The first kappa shape index (κ1) is 14.9. The van der Waals surface area contributed by atoms with Crippen molar-refractivity contribution in [2.75, 3.05) is 18.7 Å². The van der Waals surface area contributed by atoms with E-state index in [1.165, 1.54) is 25.2 Å². The Balaban J connectivity index is 2.47. The van der Waals surface area contributed by atoms with E-state index in [0.29, 0.717) is 4.90 Å². The molecular formula is C11H10N2O7S. The Morgan fingerprint density at radius 3 is 2.57 bits per heavy atom. The first-order chi connectivity index (χ1) is 9.82. The van der Waals surface area contributed by atoms with Crippen LogP contribution in [0.25, 0.3) is 0 Å². The first-order valence-electron chi connectivity index (χ1n) is 5.60. The summed E-state index contributed by atoms with van der Waals surface area (Å²) in [6.07, 6.45) is 0. The lowest BCUT2D eigenvalue weighted by molar-refractivity contribution is -0.137. The third kappa shape index (κ3) is 2.71. The molecule has 0 bridgehead atoms. The number of carboxylic acids is 1. The SMILES string of the molecule is CN(O[SH](=O)=O)c1cccc2c1C(=O)N(CC(=O)O)C2=O. The number of imide groups is 1. The third-order valence-electron chi connectivity index (χ3n) is 2.80. The van der Waals surface area contributed by atoms with Crippen LogP contribution < -0.4 is 5.06 Å². The summed E-state index contributed by atoms with van der Waals surface area (Å²) in [5.74, 6) is -2.90. The fourth-order valence-corrected chi connectivity index (χ4v) is 2.29. The number of carboxylic acid groups (broad SMARTS) is 1. The molecule has 9 nitrogen and oxygen atoms in total. The molecule has 1 heterocycles. The highest BCUT2D eigenvalue weighted by molar-refractivity contribution is 7.67. The van der Waals surface area contributed by atoms with Gasteiger partial charge in [0.25, 0.3) is 22.8 Å². The van der Waals surface area contributed by atoms with Crippen LogP contribution in [-0.4, -0.2) is 49.8 Å². The fraction of sp³-hybridized carbons (Fsp3) is 0.182. The number of carbonyl (C=O) groups excluding carboxylic acids is 2. The number of rotatable bonds is 5. The molecule has 112 valence electrons. The Kier molecular flexibility index (Phi) is 3.91. The van der Waals surface area contributed by atoms with E-state index in [4.69, 9.17) is 5.11 Å². The number of fused-ring (bicyclic) bond motifs is 1. The Bertz CT molecular complexity index is 705. The van der Waals surface area contributed by atoms with Gasteiger partial charge in [-0.25, -0.2) is 13.5 Å². The molecule has 0 fully saturated rings. The van der Waals surface area contributed by atoms with Crippen molar-refractivity contribution in [3.63, 3.8) is 0 Å². The van der Waals surface area contributed by atoms with Crippen molar-refractivity contribution in [1.29, 1.82) is 0 Å². The third-order valence-corrected chi connectivity index (χ3v) is 3.18. The minimum Gasteiger partial charge on any atom is -0.480 e. The number of aliphatic carboxylic acids is 1. The van der Waals surface area contributed by atoms with Crippen LogP contribution in [0.2, 0.25) is 0 Å². The zero-order chi connectivity index (χ0) is 15.7. The Labute approximate surface area is 120 Å². The maximum absolute atomic E-state index is 12.2. The van der Waals surface area contributed by atoms with E-state index in [1.807, 2.05) is 0 Å². The van der Waals surface area contributed by atoms with Crippen LogP contribution in [0.3, 0.4) is 0 Å². The highest BCUT2D eigenvalue weighted by Crippen LogP contribution is 2.31. The van der Waals surface area contributed by atoms with Gasteiger partial charge in [0, 0.05) is 7.05 Å². The molecule has 0 aliphatic carbocycles. The van der Waals surface area contributed by atoms with Gasteiger partial charge in [-0.3, -0.25) is 19.3 Å². The molecule has 0 atom stereocenters. The van der Waals surface area contributed by atoms with Gasteiger partial charge in [-0.2, -0.15) is 4.28 Å². The minimum atomic E-state index is -3.20. The molecule has 0 saturated carbocycles. The number of hydroxylamine groups is 1. The van der Waals surface area contributed by atoms with Gasteiger partial charge in [0.2, 0.25) is 0 Å². The summed E-state index contributed by atoms with van der Waals surface area (Å²) in [6, 6.07) is 4.17. The number of anilines is 1. The molecule has 0 saturated heterocycles. The predicted octanol–water partition coefficient (Wildman–Crippen LogP) is -0.739. The van der Waals surface area contributed by atoms with Gasteiger partial charge in [-0.05, 0) is 12.1 Å². The van der Waals surface area contributed by atoms with Crippen LogP contribution in [0, 0.1) is 0 Å². The number of nitrogens with zero attached hydrogens (tertiary/aromatic N) is 2. The summed E-state index contributed by atoms with van der Waals surface area (Å²) in [6.45, 7) is -0.772. The summed E-state index contributed by atoms with van der Waals surface area (Å²) < 4.78 is 25.6. The molecule has 1 aliphatic heterocycles. The van der Waals surface area contributed by atoms with Crippen LogP contribution in [-0.2, 0) is 20.1 Å². The number of benzene rings is 1. The quantitative estimate of drug-likeness (QED) is 0.414. The van der Waals surface area contributed by atoms with Crippen molar-refractivity contribution in [2.24, 2.45) is 0 Å². The predicted molar refractivity (Wildman–Crippen MR) is 69.2 cm³/mol. The highest BCUT2D eigenvalue weighted by Gasteiger charge is 2.39.